The average molecular weight is 215 g/mol. The molecule has 0 bridgehead atoms. The Hall–Kier alpha value is -0.570. The number of carboxylic acids is 1. The molecule has 0 spiro atoms. The molecule has 3 heteroatoms. The van der Waals surface area contributed by atoms with Gasteiger partial charge in [0.25, 0.3) is 0 Å². The Morgan fingerprint density at radius 2 is 2.07 bits per heavy atom. The molecule has 0 aromatic rings. The lowest BCUT2D eigenvalue weighted by Crippen LogP contribution is -3.13. The average Bonchev–Trinajstić information content (AvgIpc) is 2.60. The molecule has 1 aliphatic rings. The third kappa shape index (κ3) is 7.37. The second-order valence-corrected chi connectivity index (χ2v) is 4.25. The van der Waals surface area contributed by atoms with Gasteiger partial charge in [0.15, 0.2) is 0 Å². The van der Waals surface area contributed by atoms with Crippen molar-refractivity contribution < 1.29 is 14.8 Å². The highest BCUT2D eigenvalue weighted by atomic mass is 16.4. The Morgan fingerprint density at radius 1 is 1.47 bits per heavy atom. The van der Waals surface area contributed by atoms with Crippen molar-refractivity contribution in [1.82, 2.24) is 0 Å². The van der Waals surface area contributed by atoms with Crippen molar-refractivity contribution >= 4 is 5.97 Å². The lowest BCUT2D eigenvalue weighted by molar-refractivity contribution is -0.912. The van der Waals surface area contributed by atoms with Gasteiger partial charge in [-0.15, -0.1) is 0 Å². The quantitative estimate of drug-likeness (QED) is 0.717. The molecule has 0 radical (unpaired) electrons. The van der Waals surface area contributed by atoms with Gasteiger partial charge in [0.1, 0.15) is 0 Å². The Balaban J connectivity index is 0.000000423. The molecule has 1 saturated heterocycles. The number of nitrogens with one attached hydrogen (secondary N) is 1. The van der Waals surface area contributed by atoms with Gasteiger partial charge in [0.2, 0.25) is 0 Å². The summed E-state index contributed by atoms with van der Waals surface area (Å²) in [4.78, 5) is 10.8. The fourth-order valence-corrected chi connectivity index (χ4v) is 2.21. The van der Waals surface area contributed by atoms with Gasteiger partial charge >= 0.3 is 0 Å². The summed E-state index contributed by atoms with van der Waals surface area (Å²) in [6, 6.07) is 1.00. The molecule has 2 unspecified atom stereocenters. The first kappa shape index (κ1) is 14.4. The van der Waals surface area contributed by atoms with Crippen LogP contribution in [0.25, 0.3) is 0 Å². The van der Waals surface area contributed by atoms with E-state index >= 15 is 0 Å². The Labute approximate surface area is 93.5 Å². The van der Waals surface area contributed by atoms with Gasteiger partial charge in [-0.3, -0.25) is 0 Å². The largest absolute Gasteiger partial charge is 0.550 e. The second-order valence-electron chi connectivity index (χ2n) is 4.25. The molecule has 1 N–H and O–H groups in total. The zero-order chi connectivity index (χ0) is 11.7. The van der Waals surface area contributed by atoms with E-state index in [4.69, 9.17) is 9.90 Å². The summed E-state index contributed by atoms with van der Waals surface area (Å²) >= 11 is 0. The van der Waals surface area contributed by atoms with E-state index in [2.05, 4.69) is 13.8 Å². The lowest BCUT2D eigenvalue weighted by Gasteiger charge is -2.19. The highest BCUT2D eigenvalue weighted by Gasteiger charge is 2.25. The van der Waals surface area contributed by atoms with Crippen LogP contribution >= 0.6 is 0 Å². The number of likely N-dealkylation sites (tertiary alicyclic amines) is 1. The minimum Gasteiger partial charge on any atom is -0.550 e. The number of rotatable bonds is 4. The van der Waals surface area contributed by atoms with Gasteiger partial charge in [0.05, 0.1) is 19.1 Å². The van der Waals surface area contributed by atoms with Crippen molar-refractivity contribution in [2.75, 3.05) is 13.1 Å². The summed E-state index contributed by atoms with van der Waals surface area (Å²) in [6.07, 6.45) is 7.12. The SMILES string of the molecule is CC(=O)[O-].CCCC[NH+]1CCCC1CC. The molecule has 1 aliphatic heterocycles. The zero-order valence-corrected chi connectivity index (χ0v) is 10.3. The molecule has 0 amide bonds. The first-order valence-electron chi connectivity index (χ1n) is 6.13. The highest BCUT2D eigenvalue weighted by molar-refractivity contribution is 5.60. The zero-order valence-electron chi connectivity index (χ0n) is 10.3. The molecule has 1 rings (SSSR count). The first-order chi connectivity index (χ1) is 7.11. The third-order valence-corrected chi connectivity index (χ3v) is 2.97. The van der Waals surface area contributed by atoms with Crippen LogP contribution in [0.4, 0.5) is 0 Å². The molecular formula is C12H25NO2. The third-order valence-electron chi connectivity index (χ3n) is 2.97. The molecule has 0 saturated carbocycles. The van der Waals surface area contributed by atoms with E-state index in [1.54, 1.807) is 0 Å². The van der Waals surface area contributed by atoms with Crippen molar-refractivity contribution in [3.05, 3.63) is 0 Å². The van der Waals surface area contributed by atoms with Crippen LogP contribution in [0, 0.1) is 0 Å². The predicted octanol–water partition coefficient (Wildman–Crippen LogP) is 0.00000000000000111. The van der Waals surface area contributed by atoms with E-state index in [1.807, 2.05) is 4.90 Å². The van der Waals surface area contributed by atoms with E-state index in [1.165, 1.54) is 45.2 Å². The van der Waals surface area contributed by atoms with Gasteiger partial charge in [-0.2, -0.15) is 0 Å². The standard InChI is InChI=1S/C10H21N.C2H4O2/c1-3-5-8-11-9-6-7-10(11)4-2;1-2(3)4/h10H,3-9H2,1-2H3;1H3,(H,3,4). The summed E-state index contributed by atoms with van der Waals surface area (Å²) in [5.41, 5.74) is 0. The lowest BCUT2D eigenvalue weighted by atomic mass is 10.1. The Bertz CT molecular complexity index is 167. The van der Waals surface area contributed by atoms with E-state index in [0.717, 1.165) is 13.0 Å². The number of hydrogen-bond donors (Lipinski definition) is 1. The Morgan fingerprint density at radius 3 is 2.53 bits per heavy atom. The number of carbonyl (C=O) groups excluding carboxylic acids is 1. The summed E-state index contributed by atoms with van der Waals surface area (Å²) in [6.45, 7) is 8.46. The first-order valence-corrected chi connectivity index (χ1v) is 6.13. The molecule has 3 nitrogen and oxygen atoms in total. The topological polar surface area (TPSA) is 44.6 Å². The molecule has 1 heterocycles. The number of aliphatic carboxylic acids is 1. The minimum atomic E-state index is -1.08. The monoisotopic (exact) mass is 215 g/mol. The van der Waals surface area contributed by atoms with E-state index in [0.29, 0.717) is 0 Å². The van der Waals surface area contributed by atoms with Gasteiger partial charge in [-0.25, -0.2) is 0 Å². The van der Waals surface area contributed by atoms with E-state index < -0.39 is 5.97 Å². The van der Waals surface area contributed by atoms with Crippen molar-refractivity contribution in [2.24, 2.45) is 0 Å². The fourth-order valence-electron chi connectivity index (χ4n) is 2.21. The summed E-state index contributed by atoms with van der Waals surface area (Å²) in [5.74, 6) is -1.08. The molecule has 0 aliphatic carbocycles. The predicted molar refractivity (Wildman–Crippen MR) is 59.6 cm³/mol. The molecule has 2 atom stereocenters. The number of unbranched alkanes of at least 4 members (excludes halogenated alkanes) is 1. The number of carboxylic acid groups (broad SMARTS) is 1. The van der Waals surface area contributed by atoms with E-state index in [9.17, 15) is 0 Å². The summed E-state index contributed by atoms with van der Waals surface area (Å²) in [7, 11) is 0. The molecule has 15 heavy (non-hydrogen) atoms. The Kier molecular flexibility index (Phi) is 8.38. The van der Waals surface area contributed by atoms with Crippen molar-refractivity contribution in [1.29, 1.82) is 0 Å². The van der Waals surface area contributed by atoms with Crippen LogP contribution in [0.1, 0.15) is 52.9 Å². The van der Waals surface area contributed by atoms with Crippen LogP contribution in [0.15, 0.2) is 0 Å². The number of hydrogen-bond acceptors (Lipinski definition) is 2. The van der Waals surface area contributed by atoms with Crippen LogP contribution in [0.3, 0.4) is 0 Å². The highest BCUT2D eigenvalue weighted by Crippen LogP contribution is 2.03. The van der Waals surface area contributed by atoms with Crippen LogP contribution in [-0.4, -0.2) is 25.1 Å². The van der Waals surface area contributed by atoms with Crippen molar-refractivity contribution in [3.63, 3.8) is 0 Å². The van der Waals surface area contributed by atoms with Gasteiger partial charge in [0, 0.05) is 18.8 Å². The summed E-state index contributed by atoms with van der Waals surface area (Å²) in [5, 5.41) is 8.89. The maximum Gasteiger partial charge on any atom is 0.0874 e. The van der Waals surface area contributed by atoms with Gasteiger partial charge in [-0.1, -0.05) is 20.3 Å². The van der Waals surface area contributed by atoms with Crippen LogP contribution in [0.2, 0.25) is 0 Å². The van der Waals surface area contributed by atoms with Crippen molar-refractivity contribution in [2.45, 2.75) is 58.9 Å². The minimum absolute atomic E-state index is 0.972. The van der Waals surface area contributed by atoms with Crippen LogP contribution in [0.5, 0.6) is 0 Å². The number of quaternary nitrogens is 1. The van der Waals surface area contributed by atoms with Gasteiger partial charge in [-0.05, 0) is 19.8 Å². The number of carbonyl (C=O) groups is 1. The normalized spacial score (nSPS) is 24.5. The maximum absolute atomic E-state index is 8.89. The van der Waals surface area contributed by atoms with E-state index in [-0.39, 0.29) is 0 Å². The van der Waals surface area contributed by atoms with Gasteiger partial charge < -0.3 is 14.8 Å². The molecule has 0 aromatic carbocycles. The van der Waals surface area contributed by atoms with Crippen LogP contribution < -0.4 is 10.0 Å². The molecule has 1 fully saturated rings. The maximum atomic E-state index is 8.89. The van der Waals surface area contributed by atoms with Crippen molar-refractivity contribution in [3.8, 4) is 0 Å². The smallest absolute Gasteiger partial charge is 0.0874 e. The summed E-state index contributed by atoms with van der Waals surface area (Å²) < 4.78 is 0. The molecular weight excluding hydrogens is 190 g/mol. The fraction of sp³-hybridized carbons (Fsp3) is 0.917. The molecule has 90 valence electrons. The van der Waals surface area contributed by atoms with Crippen LogP contribution in [-0.2, 0) is 4.79 Å². The second kappa shape index (κ2) is 8.72. The molecule has 0 aromatic heterocycles.